The number of rotatable bonds is 0. The highest BCUT2D eigenvalue weighted by molar-refractivity contribution is 5.42. The van der Waals surface area contributed by atoms with E-state index in [1.165, 1.54) is 18.2 Å². The van der Waals surface area contributed by atoms with Crippen LogP contribution in [-0.2, 0) is 0 Å². The Bertz CT molecular complexity index is 419. The molecule has 2 rings (SSSR count). The first kappa shape index (κ1) is 11.7. The Morgan fingerprint density at radius 3 is 1.62 bits per heavy atom. The fraction of sp³-hybridized carbons (Fsp3) is 0. The normalized spacial score (nSPS) is 9.00. The molecular weight excluding hydrogens is 206 g/mol. The molecule has 2 aromatic carbocycles. The van der Waals surface area contributed by atoms with Crippen LogP contribution in [0.5, 0.6) is 17.2 Å². The topological polar surface area (TPSA) is 86.7 Å². The zero-order valence-electron chi connectivity index (χ0n) is 8.54. The van der Waals surface area contributed by atoms with Crippen LogP contribution in [0, 0.1) is 0 Å². The molecule has 0 radical (unpaired) electrons. The van der Waals surface area contributed by atoms with Gasteiger partial charge in [0.25, 0.3) is 0 Å². The largest absolute Gasteiger partial charge is 0.508 e. The molecule has 4 nitrogen and oxygen atoms in total. The maximum Gasteiger partial charge on any atom is 0.157 e. The van der Waals surface area contributed by atoms with Crippen molar-refractivity contribution in [1.29, 1.82) is 0 Å². The molecule has 4 heteroatoms. The van der Waals surface area contributed by atoms with Crippen LogP contribution in [0.4, 0.5) is 5.69 Å². The fourth-order valence-corrected chi connectivity index (χ4v) is 0.989. The average Bonchev–Trinajstić information content (AvgIpc) is 2.23. The van der Waals surface area contributed by atoms with Crippen molar-refractivity contribution >= 4 is 5.69 Å². The summed E-state index contributed by atoms with van der Waals surface area (Å²) in [5, 5.41) is 26.1. The molecule has 0 fully saturated rings. The number of para-hydroxylation sites is 2. The van der Waals surface area contributed by atoms with Gasteiger partial charge in [0.05, 0.1) is 0 Å². The highest BCUT2D eigenvalue weighted by Crippen LogP contribution is 2.21. The molecular formula is C12H13NO3. The van der Waals surface area contributed by atoms with Crippen LogP contribution in [-0.4, -0.2) is 15.3 Å². The van der Waals surface area contributed by atoms with Gasteiger partial charge in [-0.15, -0.1) is 0 Å². The molecule has 0 aromatic heterocycles. The Kier molecular flexibility index (Phi) is 4.03. The van der Waals surface area contributed by atoms with Crippen molar-refractivity contribution in [2.75, 3.05) is 5.73 Å². The summed E-state index contributed by atoms with van der Waals surface area (Å²) in [4.78, 5) is 0. The summed E-state index contributed by atoms with van der Waals surface area (Å²) in [6, 6.07) is 12.6. The van der Waals surface area contributed by atoms with Gasteiger partial charge in [-0.25, -0.2) is 0 Å². The lowest BCUT2D eigenvalue weighted by atomic mass is 10.3. The Morgan fingerprint density at radius 1 is 0.750 bits per heavy atom. The number of nitrogens with two attached hydrogens (primary N) is 1. The van der Waals surface area contributed by atoms with Crippen LogP contribution < -0.4 is 5.73 Å². The third-order valence-electron chi connectivity index (χ3n) is 1.75. The highest BCUT2D eigenvalue weighted by atomic mass is 16.3. The standard InChI is InChI=1S/C6H7NO.C6H6O2/c7-5-2-1-3-6(8)4-5;7-5-3-1-2-4-6(5)8/h1-4,8H,7H2;1-4,7-8H. The van der Waals surface area contributed by atoms with Gasteiger partial charge in [0.2, 0.25) is 0 Å². The molecule has 0 aliphatic carbocycles. The molecule has 0 aliphatic rings. The van der Waals surface area contributed by atoms with E-state index in [2.05, 4.69) is 0 Å². The zero-order chi connectivity index (χ0) is 12.0. The molecule has 0 saturated heterocycles. The van der Waals surface area contributed by atoms with E-state index >= 15 is 0 Å². The Hall–Kier alpha value is -2.36. The second kappa shape index (κ2) is 5.50. The minimum atomic E-state index is -0.0764. The van der Waals surface area contributed by atoms with Gasteiger partial charge in [-0.1, -0.05) is 18.2 Å². The van der Waals surface area contributed by atoms with E-state index in [1.807, 2.05) is 0 Å². The second-order valence-corrected chi connectivity index (χ2v) is 3.08. The first-order chi connectivity index (χ1) is 7.59. The van der Waals surface area contributed by atoms with Gasteiger partial charge in [0, 0.05) is 11.8 Å². The monoisotopic (exact) mass is 219 g/mol. The van der Waals surface area contributed by atoms with Gasteiger partial charge < -0.3 is 21.1 Å². The number of aromatic hydroxyl groups is 3. The molecule has 84 valence electrons. The van der Waals surface area contributed by atoms with Gasteiger partial charge in [-0.3, -0.25) is 0 Å². The smallest absolute Gasteiger partial charge is 0.157 e. The number of hydrogen-bond acceptors (Lipinski definition) is 4. The predicted molar refractivity (Wildman–Crippen MR) is 62.3 cm³/mol. The lowest BCUT2D eigenvalue weighted by Gasteiger charge is -1.91. The third-order valence-corrected chi connectivity index (χ3v) is 1.75. The molecule has 0 aliphatic heterocycles. The molecule has 5 N–H and O–H groups in total. The minimum absolute atomic E-state index is 0.0764. The number of phenolic OH excluding ortho intramolecular Hbond substituents is 3. The van der Waals surface area contributed by atoms with Crippen molar-refractivity contribution in [2.24, 2.45) is 0 Å². The van der Waals surface area contributed by atoms with Crippen LogP contribution in [0.25, 0.3) is 0 Å². The van der Waals surface area contributed by atoms with E-state index in [0.717, 1.165) is 0 Å². The van der Waals surface area contributed by atoms with E-state index < -0.39 is 0 Å². The van der Waals surface area contributed by atoms with Crippen LogP contribution in [0.3, 0.4) is 0 Å². The molecule has 0 bridgehead atoms. The van der Waals surface area contributed by atoms with Crippen molar-refractivity contribution in [1.82, 2.24) is 0 Å². The number of nitrogen functional groups attached to an aromatic ring is 1. The van der Waals surface area contributed by atoms with Crippen molar-refractivity contribution < 1.29 is 15.3 Å². The highest BCUT2D eigenvalue weighted by Gasteiger charge is 1.90. The summed E-state index contributed by atoms with van der Waals surface area (Å²) >= 11 is 0. The summed E-state index contributed by atoms with van der Waals surface area (Å²) in [6.07, 6.45) is 0. The summed E-state index contributed by atoms with van der Waals surface area (Å²) in [6.45, 7) is 0. The minimum Gasteiger partial charge on any atom is -0.508 e. The van der Waals surface area contributed by atoms with Gasteiger partial charge in [-0.2, -0.15) is 0 Å². The van der Waals surface area contributed by atoms with Gasteiger partial charge in [-0.05, 0) is 24.3 Å². The molecule has 0 spiro atoms. The van der Waals surface area contributed by atoms with Crippen molar-refractivity contribution in [3.05, 3.63) is 48.5 Å². The Morgan fingerprint density at radius 2 is 1.31 bits per heavy atom. The fourth-order valence-electron chi connectivity index (χ4n) is 0.989. The van der Waals surface area contributed by atoms with E-state index in [9.17, 15) is 0 Å². The molecule has 0 unspecified atom stereocenters. The molecule has 0 saturated carbocycles. The quantitative estimate of drug-likeness (QED) is 0.403. The molecule has 2 aromatic rings. The zero-order valence-corrected chi connectivity index (χ0v) is 8.54. The molecule has 0 heterocycles. The van der Waals surface area contributed by atoms with Crippen LogP contribution in [0.2, 0.25) is 0 Å². The van der Waals surface area contributed by atoms with Crippen LogP contribution in [0.1, 0.15) is 0 Å². The number of hydrogen-bond donors (Lipinski definition) is 4. The predicted octanol–water partition coefficient (Wildman–Crippen LogP) is 2.07. The summed E-state index contributed by atoms with van der Waals surface area (Å²) in [5.41, 5.74) is 5.89. The van der Waals surface area contributed by atoms with Gasteiger partial charge in [0.15, 0.2) is 11.5 Å². The van der Waals surface area contributed by atoms with Crippen LogP contribution >= 0.6 is 0 Å². The lowest BCUT2D eigenvalue weighted by Crippen LogP contribution is -1.80. The van der Waals surface area contributed by atoms with Gasteiger partial charge >= 0.3 is 0 Å². The third kappa shape index (κ3) is 3.79. The van der Waals surface area contributed by atoms with Gasteiger partial charge in [0.1, 0.15) is 5.75 Å². The van der Waals surface area contributed by atoms with Crippen molar-refractivity contribution in [3.8, 4) is 17.2 Å². The van der Waals surface area contributed by atoms with Crippen LogP contribution in [0.15, 0.2) is 48.5 Å². The van der Waals surface area contributed by atoms with E-state index in [-0.39, 0.29) is 17.2 Å². The van der Waals surface area contributed by atoms with Crippen molar-refractivity contribution in [2.45, 2.75) is 0 Å². The first-order valence-corrected chi connectivity index (χ1v) is 4.61. The maximum absolute atomic E-state index is 8.73. The average molecular weight is 219 g/mol. The summed E-state index contributed by atoms with van der Waals surface area (Å²) in [5.74, 6) is 0.0602. The maximum atomic E-state index is 8.73. The van der Waals surface area contributed by atoms with E-state index in [0.29, 0.717) is 5.69 Å². The molecule has 16 heavy (non-hydrogen) atoms. The number of benzene rings is 2. The van der Waals surface area contributed by atoms with E-state index in [1.54, 1.807) is 30.3 Å². The Balaban J connectivity index is 0.000000160. The lowest BCUT2D eigenvalue weighted by molar-refractivity contribution is 0.404. The molecule has 0 atom stereocenters. The van der Waals surface area contributed by atoms with Crippen molar-refractivity contribution in [3.63, 3.8) is 0 Å². The first-order valence-electron chi connectivity index (χ1n) is 4.61. The second-order valence-electron chi connectivity index (χ2n) is 3.08. The summed E-state index contributed by atoms with van der Waals surface area (Å²) in [7, 11) is 0. The Labute approximate surface area is 93.2 Å². The number of phenols is 3. The number of anilines is 1. The summed E-state index contributed by atoms with van der Waals surface area (Å²) < 4.78 is 0. The SMILES string of the molecule is Nc1cccc(O)c1.Oc1ccccc1O. The van der Waals surface area contributed by atoms with E-state index in [4.69, 9.17) is 21.1 Å². The molecule has 0 amide bonds.